The third kappa shape index (κ3) is 12.3. The Morgan fingerprint density at radius 1 is 0.742 bits per heavy atom. The number of rotatable bonds is 16. The maximum Gasteiger partial charge on any atom is 0.379 e. The molecule has 0 amide bonds. The Labute approximate surface area is 190 Å². The fourth-order valence-corrected chi connectivity index (χ4v) is 7.01. The summed E-state index contributed by atoms with van der Waals surface area (Å²) in [4.78, 5) is 38.4. The zero-order chi connectivity index (χ0) is 24.7. The van der Waals surface area contributed by atoms with Gasteiger partial charge in [0, 0.05) is 0 Å². The molecule has 0 aliphatic rings. The molecule has 0 saturated carbocycles. The number of hydrogen-bond acceptors (Lipinski definition) is 2. The van der Waals surface area contributed by atoms with Crippen LogP contribution >= 0.6 is 15.2 Å². The van der Waals surface area contributed by atoms with Crippen molar-refractivity contribution in [1.82, 2.24) is 0 Å². The van der Waals surface area contributed by atoms with Crippen molar-refractivity contribution in [3.8, 4) is 0 Å². The molecule has 188 valence electrons. The summed E-state index contributed by atoms with van der Waals surface area (Å²) in [6.45, 7) is 16.7. The average Bonchev–Trinajstić information content (AvgIpc) is 2.58. The van der Waals surface area contributed by atoms with Gasteiger partial charge >= 0.3 is 15.2 Å². The second kappa shape index (κ2) is 12.6. The molecule has 0 saturated heterocycles. The molecule has 0 spiro atoms. The predicted molar refractivity (Wildman–Crippen MR) is 128 cm³/mol. The zero-order valence-electron chi connectivity index (χ0n) is 21.1. The molecule has 0 radical (unpaired) electrons. The van der Waals surface area contributed by atoms with Crippen molar-refractivity contribution in [1.29, 1.82) is 0 Å². The van der Waals surface area contributed by atoms with Gasteiger partial charge in [-0.05, 0) is 65.2 Å². The van der Waals surface area contributed by atoms with Crippen molar-refractivity contribution in [2.24, 2.45) is 11.8 Å². The lowest BCUT2D eigenvalue weighted by Gasteiger charge is -2.42. The largest absolute Gasteiger partial charge is 0.379 e. The number of hydrogen-bond donors (Lipinski definition) is 4. The van der Waals surface area contributed by atoms with Crippen LogP contribution in [-0.4, -0.2) is 79.9 Å². The smallest absolute Gasteiger partial charge is 0.321 e. The molecule has 0 aromatic heterocycles. The Balaban J connectivity index is 5.08. The maximum absolute atomic E-state index is 11.8. The molecule has 4 N–H and O–H groups in total. The van der Waals surface area contributed by atoms with E-state index in [2.05, 4.69) is 27.7 Å². The van der Waals surface area contributed by atoms with Gasteiger partial charge in [-0.15, -0.1) is 0 Å². The molecule has 0 aliphatic carbocycles. The van der Waals surface area contributed by atoms with Crippen molar-refractivity contribution >= 4 is 15.2 Å². The minimum absolute atomic E-state index is 0.124. The second-order valence-corrected chi connectivity index (χ2v) is 13.9. The first-order valence-electron chi connectivity index (χ1n) is 11.6. The molecular formula is C21H50N2O6P2+2. The molecule has 0 aromatic rings. The molecule has 31 heavy (non-hydrogen) atoms. The molecule has 4 atom stereocenters. The standard InChI is InChI=1S/C21H48N2O6P2/c1-9-23(19(4)5,17-31(27,28)29)15-13-20(6)10-11-21(7)22(8,14-12-18(2)3)16-30(24,25)26/h18-21H,9-17H2,1-8H3,(H2-2,24,25,26,27,28,29)/p+2. The molecule has 0 rings (SSSR count). The van der Waals surface area contributed by atoms with E-state index >= 15 is 0 Å². The summed E-state index contributed by atoms with van der Waals surface area (Å²) >= 11 is 0. The predicted octanol–water partition coefficient (Wildman–Crippen LogP) is 4.19. The Morgan fingerprint density at radius 2 is 1.26 bits per heavy atom. The second-order valence-electron chi connectivity index (χ2n) is 10.7. The van der Waals surface area contributed by atoms with E-state index < -0.39 is 15.2 Å². The first kappa shape index (κ1) is 31.2. The van der Waals surface area contributed by atoms with Crippen molar-refractivity contribution in [2.45, 2.75) is 86.2 Å². The van der Waals surface area contributed by atoms with Crippen LogP contribution in [0.15, 0.2) is 0 Å². The lowest BCUT2D eigenvalue weighted by atomic mass is 9.96. The Morgan fingerprint density at radius 3 is 1.65 bits per heavy atom. The normalized spacial score (nSPS) is 19.3. The van der Waals surface area contributed by atoms with E-state index in [1.54, 1.807) is 0 Å². The van der Waals surface area contributed by atoms with Gasteiger partial charge in [0.1, 0.15) is 0 Å². The summed E-state index contributed by atoms with van der Waals surface area (Å²) in [5, 5.41) is 0. The number of nitrogens with zero attached hydrogens (tertiary/aromatic N) is 2. The van der Waals surface area contributed by atoms with Gasteiger partial charge in [0.15, 0.2) is 12.6 Å². The Hall–Kier alpha value is 0.220. The molecule has 0 fully saturated rings. The van der Waals surface area contributed by atoms with Crippen LogP contribution < -0.4 is 0 Å². The van der Waals surface area contributed by atoms with Gasteiger partial charge in [-0.2, -0.15) is 0 Å². The van der Waals surface area contributed by atoms with E-state index in [9.17, 15) is 28.7 Å². The first-order chi connectivity index (χ1) is 13.9. The summed E-state index contributed by atoms with van der Waals surface area (Å²) in [6.07, 6.45) is 3.31. The van der Waals surface area contributed by atoms with Crippen LogP contribution in [0.1, 0.15) is 74.1 Å². The summed E-state index contributed by atoms with van der Waals surface area (Å²) in [5.74, 6) is 0.848. The Kier molecular flexibility index (Phi) is 12.7. The third-order valence-electron chi connectivity index (χ3n) is 7.12. The topological polar surface area (TPSA) is 115 Å². The molecular weight excluding hydrogens is 438 g/mol. The van der Waals surface area contributed by atoms with Gasteiger partial charge in [-0.3, -0.25) is 9.13 Å². The van der Waals surface area contributed by atoms with Crippen LogP contribution in [-0.2, 0) is 9.13 Å². The van der Waals surface area contributed by atoms with E-state index in [0.29, 0.717) is 27.3 Å². The molecule has 0 aromatic carbocycles. The molecule has 0 bridgehead atoms. The summed E-state index contributed by atoms with van der Waals surface area (Å²) in [7, 11) is -6.28. The van der Waals surface area contributed by atoms with Crippen LogP contribution in [0.2, 0.25) is 0 Å². The lowest BCUT2D eigenvalue weighted by Crippen LogP contribution is -2.54. The SMILES string of the molecule is CC[N+](CCC(C)CCC(C)[N+](C)(CCC(C)C)CP(=O)(O)O)(CP(=O)(O)O)C(C)C. The summed E-state index contributed by atoms with van der Waals surface area (Å²) in [6, 6.07) is 0.252. The van der Waals surface area contributed by atoms with Gasteiger partial charge < -0.3 is 28.5 Å². The van der Waals surface area contributed by atoms with Gasteiger partial charge in [-0.25, -0.2) is 0 Å². The van der Waals surface area contributed by atoms with E-state index in [1.165, 1.54) is 0 Å². The first-order valence-corrected chi connectivity index (χ1v) is 15.2. The minimum Gasteiger partial charge on any atom is -0.321 e. The van der Waals surface area contributed by atoms with Gasteiger partial charge in [-0.1, -0.05) is 20.8 Å². The average molecular weight is 489 g/mol. The minimum atomic E-state index is -4.12. The highest BCUT2D eigenvalue weighted by molar-refractivity contribution is 7.51. The monoisotopic (exact) mass is 488 g/mol. The molecule has 8 nitrogen and oxygen atoms in total. The van der Waals surface area contributed by atoms with Gasteiger partial charge in [0.05, 0.1) is 38.8 Å². The number of quaternary nitrogens is 2. The van der Waals surface area contributed by atoms with E-state index in [-0.39, 0.29) is 24.7 Å². The van der Waals surface area contributed by atoms with Crippen LogP contribution in [0.4, 0.5) is 0 Å². The molecule has 0 heterocycles. The third-order valence-corrected chi connectivity index (χ3v) is 9.07. The summed E-state index contributed by atoms with van der Waals surface area (Å²) in [5.41, 5.74) is 0. The van der Waals surface area contributed by atoms with Crippen molar-refractivity contribution < 1.29 is 37.7 Å². The van der Waals surface area contributed by atoms with E-state index in [4.69, 9.17) is 0 Å². The lowest BCUT2D eigenvalue weighted by molar-refractivity contribution is -0.937. The highest BCUT2D eigenvalue weighted by Gasteiger charge is 2.38. The van der Waals surface area contributed by atoms with Crippen molar-refractivity contribution in [3.63, 3.8) is 0 Å². The van der Waals surface area contributed by atoms with Crippen molar-refractivity contribution in [2.75, 3.05) is 39.3 Å². The van der Waals surface area contributed by atoms with Crippen LogP contribution in [0.25, 0.3) is 0 Å². The van der Waals surface area contributed by atoms with E-state index in [1.807, 2.05) is 27.8 Å². The van der Waals surface area contributed by atoms with Gasteiger partial charge in [0.2, 0.25) is 0 Å². The molecule has 10 heteroatoms. The Bertz CT molecular complexity index is 621. The molecule has 4 unspecified atom stereocenters. The highest BCUT2D eigenvalue weighted by Crippen LogP contribution is 2.41. The van der Waals surface area contributed by atoms with Crippen molar-refractivity contribution in [3.05, 3.63) is 0 Å². The summed E-state index contributed by atoms with van der Waals surface area (Å²) < 4.78 is 24.3. The van der Waals surface area contributed by atoms with E-state index in [0.717, 1.165) is 38.8 Å². The fourth-order valence-electron chi connectivity index (χ4n) is 4.35. The fraction of sp³-hybridized carbons (Fsp3) is 1.00. The van der Waals surface area contributed by atoms with Crippen LogP contribution in [0.5, 0.6) is 0 Å². The maximum atomic E-state index is 11.8. The van der Waals surface area contributed by atoms with Crippen LogP contribution in [0.3, 0.4) is 0 Å². The van der Waals surface area contributed by atoms with Crippen LogP contribution in [0, 0.1) is 11.8 Å². The highest BCUT2D eigenvalue weighted by atomic mass is 31.2. The quantitative estimate of drug-likeness (QED) is 0.191. The zero-order valence-corrected chi connectivity index (χ0v) is 22.9. The van der Waals surface area contributed by atoms with Gasteiger partial charge in [0.25, 0.3) is 0 Å². The molecule has 0 aliphatic heterocycles.